The van der Waals surface area contributed by atoms with E-state index < -0.39 is 0 Å². The summed E-state index contributed by atoms with van der Waals surface area (Å²) in [6, 6.07) is 12.6. The summed E-state index contributed by atoms with van der Waals surface area (Å²) in [6.07, 6.45) is 4.07. The van der Waals surface area contributed by atoms with Crippen LogP contribution in [0, 0.1) is 0 Å². The van der Waals surface area contributed by atoms with E-state index in [-0.39, 0.29) is 11.9 Å². The van der Waals surface area contributed by atoms with Crippen molar-refractivity contribution < 1.29 is 4.79 Å². The Bertz CT molecular complexity index is 1140. The maximum absolute atomic E-state index is 12.6. The van der Waals surface area contributed by atoms with Crippen molar-refractivity contribution >= 4 is 33.3 Å². The standard InChI is InChI=1S/C21H21N5OS/c1-14-19-7-4-8-25(19)9-10-26(14)12-20(27)24-21-23-18(13-28-21)16-11-22-17-6-3-2-5-15(16)17/h2-8,11,13-14,22H,9-10,12H2,1H3,(H,23,24,27). The van der Waals surface area contributed by atoms with E-state index >= 15 is 0 Å². The summed E-state index contributed by atoms with van der Waals surface area (Å²) in [7, 11) is 0. The lowest BCUT2D eigenvalue weighted by Gasteiger charge is -2.34. The third kappa shape index (κ3) is 3.02. The Morgan fingerprint density at radius 3 is 3.11 bits per heavy atom. The first kappa shape index (κ1) is 17.2. The molecule has 1 amide bonds. The highest BCUT2D eigenvalue weighted by molar-refractivity contribution is 7.14. The third-order valence-corrected chi connectivity index (χ3v) is 6.19. The van der Waals surface area contributed by atoms with Crippen molar-refractivity contribution in [3.63, 3.8) is 0 Å². The van der Waals surface area contributed by atoms with Crippen LogP contribution in [-0.2, 0) is 11.3 Å². The van der Waals surface area contributed by atoms with Gasteiger partial charge in [-0.25, -0.2) is 4.98 Å². The number of amides is 1. The van der Waals surface area contributed by atoms with Gasteiger partial charge in [0, 0.05) is 59.1 Å². The van der Waals surface area contributed by atoms with Gasteiger partial charge >= 0.3 is 0 Å². The number of carbonyl (C=O) groups excluding carboxylic acids is 1. The van der Waals surface area contributed by atoms with Crippen LogP contribution >= 0.6 is 11.3 Å². The molecular weight excluding hydrogens is 370 g/mol. The van der Waals surface area contributed by atoms with Crippen molar-refractivity contribution in [2.75, 3.05) is 18.4 Å². The number of carbonyl (C=O) groups is 1. The number of thiazole rings is 1. The summed E-state index contributed by atoms with van der Waals surface area (Å²) in [6.45, 7) is 4.31. The van der Waals surface area contributed by atoms with Crippen molar-refractivity contribution in [3.05, 3.63) is 59.9 Å². The molecule has 1 aromatic carbocycles. The molecule has 6 nitrogen and oxygen atoms in total. The predicted molar refractivity (Wildman–Crippen MR) is 112 cm³/mol. The first-order chi connectivity index (χ1) is 13.7. The maximum atomic E-state index is 12.6. The summed E-state index contributed by atoms with van der Waals surface area (Å²) in [5.41, 5.74) is 4.27. The number of fused-ring (bicyclic) bond motifs is 2. The Labute approximate surface area is 166 Å². The number of H-pyrrole nitrogens is 1. The summed E-state index contributed by atoms with van der Waals surface area (Å²) < 4.78 is 2.26. The minimum Gasteiger partial charge on any atom is -0.360 e. The van der Waals surface area contributed by atoms with E-state index in [1.807, 2.05) is 29.8 Å². The van der Waals surface area contributed by atoms with Crippen molar-refractivity contribution in [2.45, 2.75) is 19.5 Å². The van der Waals surface area contributed by atoms with Gasteiger partial charge in [0.2, 0.25) is 5.91 Å². The minimum absolute atomic E-state index is 0.0216. The smallest absolute Gasteiger partial charge is 0.240 e. The van der Waals surface area contributed by atoms with E-state index in [9.17, 15) is 4.79 Å². The topological polar surface area (TPSA) is 66.0 Å². The molecule has 0 saturated carbocycles. The zero-order chi connectivity index (χ0) is 19.1. The molecule has 1 aliphatic heterocycles. The van der Waals surface area contributed by atoms with E-state index in [1.165, 1.54) is 17.0 Å². The molecule has 1 atom stereocenters. The van der Waals surface area contributed by atoms with Crippen LogP contribution in [0.25, 0.3) is 22.2 Å². The highest BCUT2D eigenvalue weighted by Gasteiger charge is 2.25. The second-order valence-corrected chi connectivity index (χ2v) is 7.97. The van der Waals surface area contributed by atoms with Gasteiger partial charge in [-0.2, -0.15) is 0 Å². The highest BCUT2D eigenvalue weighted by atomic mass is 32.1. The van der Waals surface area contributed by atoms with Crippen LogP contribution in [0.5, 0.6) is 0 Å². The van der Waals surface area contributed by atoms with Crippen LogP contribution in [0.4, 0.5) is 5.13 Å². The molecule has 142 valence electrons. The fourth-order valence-electron chi connectivity index (χ4n) is 3.92. The zero-order valence-electron chi connectivity index (χ0n) is 15.6. The van der Waals surface area contributed by atoms with Gasteiger partial charge in [-0.05, 0) is 25.1 Å². The van der Waals surface area contributed by atoms with E-state index in [0.29, 0.717) is 11.7 Å². The number of aromatic amines is 1. The van der Waals surface area contributed by atoms with Crippen molar-refractivity contribution in [3.8, 4) is 11.3 Å². The van der Waals surface area contributed by atoms with Crippen molar-refractivity contribution in [1.29, 1.82) is 0 Å². The highest BCUT2D eigenvalue weighted by Crippen LogP contribution is 2.31. The lowest BCUT2D eigenvalue weighted by molar-refractivity contribution is -0.118. The molecule has 2 N–H and O–H groups in total. The van der Waals surface area contributed by atoms with Crippen LogP contribution in [0.3, 0.4) is 0 Å². The monoisotopic (exact) mass is 391 g/mol. The van der Waals surface area contributed by atoms with Gasteiger partial charge in [0.1, 0.15) is 0 Å². The molecule has 0 saturated heterocycles. The number of hydrogen-bond acceptors (Lipinski definition) is 4. The molecule has 0 bridgehead atoms. The Morgan fingerprint density at radius 1 is 1.29 bits per heavy atom. The van der Waals surface area contributed by atoms with Crippen LogP contribution in [0.2, 0.25) is 0 Å². The normalized spacial score (nSPS) is 17.0. The van der Waals surface area contributed by atoms with E-state index in [2.05, 4.69) is 56.1 Å². The number of nitrogens with one attached hydrogen (secondary N) is 2. The molecule has 4 aromatic rings. The van der Waals surface area contributed by atoms with E-state index in [0.717, 1.165) is 35.2 Å². The number of aromatic nitrogens is 3. The van der Waals surface area contributed by atoms with Crippen LogP contribution in [0.15, 0.2) is 54.2 Å². The molecule has 0 fully saturated rings. The maximum Gasteiger partial charge on any atom is 0.240 e. The number of nitrogens with zero attached hydrogens (tertiary/aromatic N) is 3. The van der Waals surface area contributed by atoms with Gasteiger partial charge in [-0.15, -0.1) is 11.3 Å². The van der Waals surface area contributed by atoms with Crippen LogP contribution < -0.4 is 5.32 Å². The Hall–Kier alpha value is -2.90. The molecule has 7 heteroatoms. The van der Waals surface area contributed by atoms with E-state index in [1.54, 1.807) is 0 Å². The van der Waals surface area contributed by atoms with Gasteiger partial charge in [0.15, 0.2) is 5.13 Å². The van der Waals surface area contributed by atoms with Crippen molar-refractivity contribution in [1.82, 2.24) is 19.4 Å². The fourth-order valence-corrected chi connectivity index (χ4v) is 4.65. The zero-order valence-corrected chi connectivity index (χ0v) is 16.4. The summed E-state index contributed by atoms with van der Waals surface area (Å²) >= 11 is 1.46. The van der Waals surface area contributed by atoms with Gasteiger partial charge in [0.25, 0.3) is 0 Å². The molecule has 3 aromatic heterocycles. The molecule has 0 spiro atoms. The average molecular weight is 392 g/mol. The molecule has 0 radical (unpaired) electrons. The predicted octanol–water partition coefficient (Wildman–Crippen LogP) is 4.11. The second-order valence-electron chi connectivity index (χ2n) is 7.11. The molecular formula is C21H21N5OS. The average Bonchev–Trinajstić information content (AvgIpc) is 3.43. The van der Waals surface area contributed by atoms with Gasteiger partial charge in [0.05, 0.1) is 12.2 Å². The van der Waals surface area contributed by atoms with E-state index in [4.69, 9.17) is 0 Å². The first-order valence-corrected chi connectivity index (χ1v) is 10.3. The number of rotatable bonds is 4. The van der Waals surface area contributed by atoms with Crippen molar-refractivity contribution in [2.24, 2.45) is 0 Å². The minimum atomic E-state index is -0.0216. The molecule has 28 heavy (non-hydrogen) atoms. The SMILES string of the molecule is CC1c2cccn2CCN1CC(=O)Nc1nc(-c2c[nH]c3ccccc23)cs1. The Morgan fingerprint density at radius 2 is 2.18 bits per heavy atom. The quantitative estimate of drug-likeness (QED) is 0.550. The largest absolute Gasteiger partial charge is 0.360 e. The molecule has 5 rings (SSSR count). The molecule has 1 unspecified atom stereocenters. The number of para-hydroxylation sites is 1. The Kier molecular flexibility index (Phi) is 4.26. The summed E-state index contributed by atoms with van der Waals surface area (Å²) in [5, 5.41) is 6.73. The molecule has 4 heterocycles. The molecule has 1 aliphatic rings. The number of benzene rings is 1. The summed E-state index contributed by atoms with van der Waals surface area (Å²) in [5.74, 6) is -0.0216. The van der Waals surface area contributed by atoms with Gasteiger partial charge in [-0.1, -0.05) is 18.2 Å². The van der Waals surface area contributed by atoms with Gasteiger partial charge < -0.3 is 14.9 Å². The summed E-state index contributed by atoms with van der Waals surface area (Å²) in [4.78, 5) is 22.7. The number of hydrogen-bond donors (Lipinski definition) is 2. The fraction of sp³-hybridized carbons (Fsp3) is 0.238. The lowest BCUT2D eigenvalue weighted by Crippen LogP contribution is -2.41. The third-order valence-electron chi connectivity index (χ3n) is 5.43. The molecule has 0 aliphatic carbocycles. The second kappa shape index (κ2) is 6.92. The van der Waals surface area contributed by atoms with Crippen LogP contribution in [0.1, 0.15) is 18.7 Å². The lowest BCUT2D eigenvalue weighted by atomic mass is 10.1. The van der Waals surface area contributed by atoms with Crippen LogP contribution in [-0.4, -0.2) is 38.4 Å². The van der Waals surface area contributed by atoms with Gasteiger partial charge in [-0.3, -0.25) is 9.69 Å². The Balaban J connectivity index is 1.28. The number of anilines is 1. The first-order valence-electron chi connectivity index (χ1n) is 9.40.